The molecule has 0 aliphatic heterocycles. The van der Waals surface area contributed by atoms with Gasteiger partial charge in [-0.2, -0.15) is 5.10 Å². The van der Waals surface area contributed by atoms with Crippen molar-refractivity contribution in [3.63, 3.8) is 0 Å². The first-order valence-corrected chi connectivity index (χ1v) is 9.81. The Kier molecular flexibility index (Phi) is 6.49. The molecule has 3 aromatic rings. The second-order valence-electron chi connectivity index (χ2n) is 5.84. The van der Waals surface area contributed by atoms with Crippen LogP contribution in [0.2, 0.25) is 0 Å². The number of unbranched alkanes of at least 4 members (excludes halogenated alkanes) is 1. The predicted octanol–water partition coefficient (Wildman–Crippen LogP) is 4.21. The smallest absolute Gasteiger partial charge is 0.235 e. The number of anilines is 1. The van der Waals surface area contributed by atoms with Crippen LogP contribution in [0.3, 0.4) is 0 Å². The maximum atomic E-state index is 12.1. The average Bonchev–Trinajstić information content (AvgIpc) is 3.30. The van der Waals surface area contributed by atoms with Gasteiger partial charge in [-0.25, -0.2) is 9.67 Å². The molecule has 0 bridgehead atoms. The molecular formula is C19H22N4O2S. The topological polar surface area (TPSA) is 73.0 Å². The molecule has 0 spiro atoms. The van der Waals surface area contributed by atoms with Gasteiger partial charge in [-0.1, -0.05) is 31.5 Å². The number of benzene rings is 1. The molecule has 26 heavy (non-hydrogen) atoms. The van der Waals surface area contributed by atoms with Crippen LogP contribution in [0.1, 0.15) is 25.5 Å². The molecule has 0 aliphatic carbocycles. The van der Waals surface area contributed by atoms with Crippen LogP contribution in [-0.2, 0) is 17.1 Å². The van der Waals surface area contributed by atoms with E-state index in [1.54, 1.807) is 12.5 Å². The predicted molar refractivity (Wildman–Crippen MR) is 104 cm³/mol. The van der Waals surface area contributed by atoms with Crippen molar-refractivity contribution in [3.8, 4) is 11.5 Å². The zero-order chi connectivity index (χ0) is 18.2. The quantitative estimate of drug-likeness (QED) is 0.611. The van der Waals surface area contributed by atoms with Crippen LogP contribution >= 0.6 is 11.8 Å². The van der Waals surface area contributed by atoms with E-state index in [0.29, 0.717) is 17.4 Å². The SMILES string of the molecule is CCCCn1nccc1NC(=O)CSCc1coc(-c2ccccc2)n1. The number of aromatic nitrogens is 3. The summed E-state index contributed by atoms with van der Waals surface area (Å²) in [7, 11) is 0. The Balaban J connectivity index is 1.46. The first kappa shape index (κ1) is 18.3. The van der Waals surface area contributed by atoms with Gasteiger partial charge in [0.25, 0.3) is 0 Å². The Labute approximate surface area is 157 Å². The molecule has 1 amide bonds. The number of carbonyl (C=O) groups is 1. The molecule has 1 aromatic carbocycles. The zero-order valence-electron chi connectivity index (χ0n) is 14.7. The van der Waals surface area contributed by atoms with Crippen molar-refractivity contribution in [1.29, 1.82) is 0 Å². The second-order valence-corrected chi connectivity index (χ2v) is 6.83. The molecule has 0 unspecified atom stereocenters. The van der Waals surface area contributed by atoms with Crippen LogP contribution in [0.15, 0.2) is 53.3 Å². The second kappa shape index (κ2) is 9.24. The van der Waals surface area contributed by atoms with Crippen molar-refractivity contribution in [1.82, 2.24) is 14.8 Å². The molecule has 0 saturated heterocycles. The van der Waals surface area contributed by atoms with Crippen molar-refractivity contribution < 1.29 is 9.21 Å². The van der Waals surface area contributed by atoms with E-state index in [1.807, 2.05) is 41.1 Å². The number of aryl methyl sites for hydroxylation is 1. The highest BCUT2D eigenvalue weighted by Gasteiger charge is 2.10. The van der Waals surface area contributed by atoms with Crippen LogP contribution in [0.4, 0.5) is 5.82 Å². The van der Waals surface area contributed by atoms with Crippen LogP contribution in [0.5, 0.6) is 0 Å². The van der Waals surface area contributed by atoms with Gasteiger partial charge >= 0.3 is 0 Å². The van der Waals surface area contributed by atoms with E-state index in [0.717, 1.165) is 36.5 Å². The highest BCUT2D eigenvalue weighted by atomic mass is 32.2. The van der Waals surface area contributed by atoms with E-state index in [4.69, 9.17) is 4.42 Å². The van der Waals surface area contributed by atoms with Gasteiger partial charge < -0.3 is 9.73 Å². The molecule has 0 radical (unpaired) electrons. The average molecular weight is 370 g/mol. The van der Waals surface area contributed by atoms with E-state index < -0.39 is 0 Å². The molecule has 2 aromatic heterocycles. The summed E-state index contributed by atoms with van der Waals surface area (Å²) in [6.07, 6.45) is 5.48. The minimum atomic E-state index is -0.0416. The number of nitrogens with zero attached hydrogens (tertiary/aromatic N) is 3. The number of nitrogens with one attached hydrogen (secondary N) is 1. The molecular weight excluding hydrogens is 348 g/mol. The molecule has 6 nitrogen and oxygen atoms in total. The fourth-order valence-corrected chi connectivity index (χ4v) is 3.14. The van der Waals surface area contributed by atoms with Crippen molar-refractivity contribution in [2.45, 2.75) is 32.1 Å². The number of hydrogen-bond donors (Lipinski definition) is 1. The first-order chi connectivity index (χ1) is 12.8. The first-order valence-electron chi connectivity index (χ1n) is 8.65. The van der Waals surface area contributed by atoms with Crippen LogP contribution in [-0.4, -0.2) is 26.4 Å². The lowest BCUT2D eigenvalue weighted by Crippen LogP contribution is -2.17. The molecule has 0 atom stereocenters. The summed E-state index contributed by atoms with van der Waals surface area (Å²) in [6, 6.07) is 11.6. The van der Waals surface area contributed by atoms with E-state index in [2.05, 4.69) is 22.3 Å². The van der Waals surface area contributed by atoms with E-state index in [1.165, 1.54) is 11.8 Å². The normalized spacial score (nSPS) is 10.8. The van der Waals surface area contributed by atoms with Gasteiger partial charge in [-0.3, -0.25) is 4.79 Å². The maximum absolute atomic E-state index is 12.1. The number of carbonyl (C=O) groups excluding carboxylic acids is 1. The Morgan fingerprint density at radius 2 is 2.12 bits per heavy atom. The van der Waals surface area contributed by atoms with Crippen molar-refractivity contribution in [2.24, 2.45) is 0 Å². The molecule has 2 heterocycles. The Hall–Kier alpha value is -2.54. The minimum absolute atomic E-state index is 0.0416. The molecule has 0 saturated carbocycles. The third-order valence-corrected chi connectivity index (χ3v) is 4.73. The Morgan fingerprint density at radius 3 is 2.92 bits per heavy atom. The highest BCUT2D eigenvalue weighted by molar-refractivity contribution is 7.99. The number of rotatable bonds is 9. The summed E-state index contributed by atoms with van der Waals surface area (Å²) in [6.45, 7) is 2.94. The minimum Gasteiger partial charge on any atom is -0.444 e. The number of thioether (sulfide) groups is 1. The molecule has 0 aliphatic rings. The summed E-state index contributed by atoms with van der Waals surface area (Å²) < 4.78 is 7.34. The van der Waals surface area contributed by atoms with Gasteiger partial charge in [0.1, 0.15) is 12.1 Å². The monoisotopic (exact) mass is 370 g/mol. The van der Waals surface area contributed by atoms with Gasteiger partial charge in [0.2, 0.25) is 11.8 Å². The summed E-state index contributed by atoms with van der Waals surface area (Å²) in [4.78, 5) is 16.6. The lowest BCUT2D eigenvalue weighted by atomic mass is 10.2. The summed E-state index contributed by atoms with van der Waals surface area (Å²) >= 11 is 1.50. The van der Waals surface area contributed by atoms with Crippen molar-refractivity contribution in [2.75, 3.05) is 11.1 Å². The number of amides is 1. The molecule has 0 fully saturated rings. The lowest BCUT2D eigenvalue weighted by Gasteiger charge is -2.08. The van der Waals surface area contributed by atoms with Gasteiger partial charge in [0, 0.05) is 23.9 Å². The molecule has 136 valence electrons. The summed E-state index contributed by atoms with van der Waals surface area (Å²) in [5, 5.41) is 7.15. The van der Waals surface area contributed by atoms with E-state index in [9.17, 15) is 4.79 Å². The van der Waals surface area contributed by atoms with E-state index >= 15 is 0 Å². The van der Waals surface area contributed by atoms with Crippen LogP contribution < -0.4 is 5.32 Å². The standard InChI is InChI=1S/C19H22N4O2S/c1-2-3-11-23-17(9-10-20-23)22-18(24)14-26-13-16-12-25-19(21-16)15-7-5-4-6-8-15/h4-10,12H,2-3,11,13-14H2,1H3,(H,22,24). The van der Waals surface area contributed by atoms with Gasteiger partial charge in [0.15, 0.2) is 0 Å². The fraction of sp³-hybridized carbons (Fsp3) is 0.316. The Morgan fingerprint density at radius 1 is 1.27 bits per heavy atom. The van der Waals surface area contributed by atoms with E-state index in [-0.39, 0.29) is 5.91 Å². The zero-order valence-corrected chi connectivity index (χ0v) is 15.5. The maximum Gasteiger partial charge on any atom is 0.235 e. The number of hydrogen-bond acceptors (Lipinski definition) is 5. The van der Waals surface area contributed by atoms with Crippen LogP contribution in [0, 0.1) is 0 Å². The molecule has 3 rings (SSSR count). The van der Waals surface area contributed by atoms with Crippen molar-refractivity contribution in [3.05, 3.63) is 54.6 Å². The highest BCUT2D eigenvalue weighted by Crippen LogP contribution is 2.20. The van der Waals surface area contributed by atoms with Gasteiger partial charge in [0.05, 0.1) is 17.6 Å². The fourth-order valence-electron chi connectivity index (χ4n) is 2.44. The molecule has 7 heteroatoms. The third-order valence-electron chi connectivity index (χ3n) is 3.76. The van der Waals surface area contributed by atoms with Gasteiger partial charge in [-0.05, 0) is 18.6 Å². The lowest BCUT2D eigenvalue weighted by molar-refractivity contribution is -0.113. The summed E-state index contributed by atoms with van der Waals surface area (Å²) in [5.74, 6) is 2.29. The largest absolute Gasteiger partial charge is 0.444 e. The van der Waals surface area contributed by atoms with Crippen LogP contribution in [0.25, 0.3) is 11.5 Å². The molecule has 1 N–H and O–H groups in total. The third kappa shape index (κ3) is 4.98. The van der Waals surface area contributed by atoms with Crippen molar-refractivity contribution >= 4 is 23.5 Å². The summed E-state index contributed by atoms with van der Waals surface area (Å²) in [5.41, 5.74) is 1.77. The Bertz CT molecular complexity index is 829. The van der Waals surface area contributed by atoms with Gasteiger partial charge in [-0.15, -0.1) is 11.8 Å². The number of oxazole rings is 1.